The van der Waals surface area contributed by atoms with Gasteiger partial charge in [-0.15, -0.1) is 11.3 Å². The Balaban J connectivity index is 1.94. The quantitative estimate of drug-likeness (QED) is 0.492. The minimum atomic E-state index is 0.568. The van der Waals surface area contributed by atoms with E-state index in [0.717, 1.165) is 21.5 Å². The second kappa shape index (κ2) is 5.24. The lowest BCUT2D eigenvalue weighted by Gasteiger charge is -2.00. The van der Waals surface area contributed by atoms with E-state index < -0.39 is 0 Å². The second-order valence-electron chi connectivity index (χ2n) is 3.08. The van der Waals surface area contributed by atoms with Gasteiger partial charge in [-0.3, -0.25) is 4.98 Å². The Labute approximate surface area is 102 Å². The molecule has 0 bridgehead atoms. The number of thioether (sulfide) groups is 1. The summed E-state index contributed by atoms with van der Waals surface area (Å²) in [4.78, 5) is 12.7. The van der Waals surface area contributed by atoms with Crippen LogP contribution in [0.4, 0.5) is 5.82 Å². The topological polar surface area (TPSA) is 76.7 Å². The molecule has 16 heavy (non-hydrogen) atoms. The molecular weight excluding hydrogens is 242 g/mol. The molecule has 7 heteroatoms. The van der Waals surface area contributed by atoms with E-state index in [-0.39, 0.29) is 0 Å². The summed E-state index contributed by atoms with van der Waals surface area (Å²) in [5.41, 5.74) is 4.41. The first-order valence-electron chi connectivity index (χ1n) is 4.60. The van der Waals surface area contributed by atoms with Gasteiger partial charge in [-0.25, -0.2) is 15.8 Å². The summed E-state index contributed by atoms with van der Waals surface area (Å²) in [6.45, 7) is 1.99. The van der Waals surface area contributed by atoms with Gasteiger partial charge in [0.25, 0.3) is 0 Å². The van der Waals surface area contributed by atoms with Crippen LogP contribution in [0.15, 0.2) is 22.1 Å². The van der Waals surface area contributed by atoms with Crippen LogP contribution in [0.5, 0.6) is 0 Å². The zero-order valence-electron chi connectivity index (χ0n) is 8.67. The lowest BCUT2D eigenvalue weighted by molar-refractivity contribution is 1.08. The standard InChI is InChI=1S/C9H11N5S2/c1-6-4-15-9(13-6)16-5-7-2-12-8(14-10)3-11-7/h2-4H,5,10H2,1H3,(H,12,14). The highest BCUT2D eigenvalue weighted by Gasteiger charge is 2.02. The molecule has 2 heterocycles. The van der Waals surface area contributed by atoms with E-state index >= 15 is 0 Å². The lowest BCUT2D eigenvalue weighted by Crippen LogP contribution is -2.08. The van der Waals surface area contributed by atoms with Crippen molar-refractivity contribution in [3.63, 3.8) is 0 Å². The Bertz CT molecular complexity index is 453. The molecule has 0 unspecified atom stereocenters. The molecule has 84 valence electrons. The van der Waals surface area contributed by atoms with Crippen LogP contribution in [0, 0.1) is 6.92 Å². The fraction of sp³-hybridized carbons (Fsp3) is 0.222. The summed E-state index contributed by atoms with van der Waals surface area (Å²) in [6.07, 6.45) is 3.33. The fourth-order valence-corrected chi connectivity index (χ4v) is 2.78. The van der Waals surface area contributed by atoms with Gasteiger partial charge < -0.3 is 5.43 Å². The van der Waals surface area contributed by atoms with Gasteiger partial charge in [0.15, 0.2) is 5.82 Å². The summed E-state index contributed by atoms with van der Waals surface area (Å²) in [5, 5.41) is 2.04. The van der Waals surface area contributed by atoms with Crippen LogP contribution in [0.25, 0.3) is 0 Å². The summed E-state index contributed by atoms with van der Waals surface area (Å²) >= 11 is 3.31. The summed E-state index contributed by atoms with van der Waals surface area (Å²) in [5.74, 6) is 6.54. The van der Waals surface area contributed by atoms with E-state index in [4.69, 9.17) is 5.84 Å². The van der Waals surface area contributed by atoms with E-state index in [9.17, 15) is 0 Å². The molecule has 0 saturated carbocycles. The first-order chi connectivity index (χ1) is 7.78. The number of nitrogens with two attached hydrogens (primary N) is 1. The number of aromatic nitrogens is 3. The maximum absolute atomic E-state index is 5.20. The smallest absolute Gasteiger partial charge is 0.158 e. The van der Waals surface area contributed by atoms with E-state index in [2.05, 4.69) is 20.4 Å². The molecule has 3 N–H and O–H groups in total. The minimum Gasteiger partial charge on any atom is -0.307 e. The van der Waals surface area contributed by atoms with Crippen LogP contribution in [-0.4, -0.2) is 15.0 Å². The molecule has 0 spiro atoms. The van der Waals surface area contributed by atoms with Gasteiger partial charge in [0.1, 0.15) is 4.34 Å². The highest BCUT2D eigenvalue weighted by Crippen LogP contribution is 2.25. The second-order valence-corrected chi connectivity index (χ2v) is 5.16. The van der Waals surface area contributed by atoms with E-state index in [1.807, 2.05) is 12.3 Å². The zero-order valence-corrected chi connectivity index (χ0v) is 10.3. The third kappa shape index (κ3) is 2.91. The SMILES string of the molecule is Cc1csc(SCc2cnc(NN)cn2)n1. The molecule has 0 aliphatic carbocycles. The van der Waals surface area contributed by atoms with Gasteiger partial charge in [0, 0.05) is 16.8 Å². The van der Waals surface area contributed by atoms with Crippen LogP contribution in [0.3, 0.4) is 0 Å². The fourth-order valence-electron chi connectivity index (χ4n) is 1.04. The third-order valence-corrected chi connectivity index (χ3v) is 3.97. The number of nitrogen functional groups attached to an aromatic ring is 1. The van der Waals surface area contributed by atoms with E-state index in [1.165, 1.54) is 0 Å². The van der Waals surface area contributed by atoms with Crippen LogP contribution >= 0.6 is 23.1 Å². The predicted octanol–water partition coefficient (Wildman–Crippen LogP) is 1.82. The van der Waals surface area contributed by atoms with Gasteiger partial charge in [-0.1, -0.05) is 11.8 Å². The molecule has 2 aromatic rings. The predicted molar refractivity (Wildman–Crippen MR) is 66.3 cm³/mol. The number of anilines is 1. The van der Waals surface area contributed by atoms with Gasteiger partial charge in [0.05, 0.1) is 18.1 Å². The van der Waals surface area contributed by atoms with Crippen molar-refractivity contribution in [2.75, 3.05) is 5.43 Å². The number of thiazole rings is 1. The maximum Gasteiger partial charge on any atom is 0.158 e. The Morgan fingerprint density at radius 3 is 2.88 bits per heavy atom. The highest BCUT2D eigenvalue weighted by molar-refractivity contribution is 8.00. The molecule has 0 aliphatic rings. The van der Waals surface area contributed by atoms with Gasteiger partial charge in [-0.05, 0) is 6.92 Å². The van der Waals surface area contributed by atoms with Crippen LogP contribution in [0.1, 0.15) is 11.4 Å². The molecule has 0 aliphatic heterocycles. The Morgan fingerprint density at radius 2 is 2.31 bits per heavy atom. The van der Waals surface area contributed by atoms with Crippen molar-refractivity contribution in [3.8, 4) is 0 Å². The van der Waals surface area contributed by atoms with Gasteiger partial charge in [0.2, 0.25) is 0 Å². The van der Waals surface area contributed by atoms with Crippen molar-refractivity contribution < 1.29 is 0 Å². The summed E-state index contributed by atoms with van der Waals surface area (Å²) < 4.78 is 1.06. The number of aryl methyl sites for hydroxylation is 1. The molecule has 2 rings (SSSR count). The number of rotatable bonds is 4. The van der Waals surface area contributed by atoms with Crippen LogP contribution in [-0.2, 0) is 5.75 Å². The normalized spacial score (nSPS) is 10.4. The van der Waals surface area contributed by atoms with Crippen LogP contribution in [0.2, 0.25) is 0 Å². The highest BCUT2D eigenvalue weighted by atomic mass is 32.2. The Hall–Kier alpha value is -1.18. The summed E-state index contributed by atoms with van der Waals surface area (Å²) in [6, 6.07) is 0. The Morgan fingerprint density at radius 1 is 1.44 bits per heavy atom. The molecule has 0 radical (unpaired) electrons. The van der Waals surface area contributed by atoms with Crippen molar-refractivity contribution in [1.29, 1.82) is 0 Å². The van der Waals surface area contributed by atoms with Crippen molar-refractivity contribution in [1.82, 2.24) is 15.0 Å². The molecule has 0 amide bonds. The number of hydrazine groups is 1. The van der Waals surface area contributed by atoms with E-state index in [0.29, 0.717) is 5.82 Å². The molecule has 2 aromatic heterocycles. The molecule has 0 atom stereocenters. The lowest BCUT2D eigenvalue weighted by atomic mass is 10.5. The Kier molecular flexibility index (Phi) is 3.70. The monoisotopic (exact) mass is 253 g/mol. The summed E-state index contributed by atoms with van der Waals surface area (Å²) in [7, 11) is 0. The van der Waals surface area contributed by atoms with Gasteiger partial charge >= 0.3 is 0 Å². The number of hydrogen-bond donors (Lipinski definition) is 2. The molecular formula is C9H11N5S2. The largest absolute Gasteiger partial charge is 0.307 e. The average molecular weight is 253 g/mol. The number of hydrogen-bond acceptors (Lipinski definition) is 7. The minimum absolute atomic E-state index is 0.568. The molecule has 5 nitrogen and oxygen atoms in total. The van der Waals surface area contributed by atoms with Crippen molar-refractivity contribution in [3.05, 3.63) is 29.2 Å². The maximum atomic E-state index is 5.20. The first kappa shape index (κ1) is 11.3. The first-order valence-corrected chi connectivity index (χ1v) is 6.47. The molecule has 0 aromatic carbocycles. The van der Waals surface area contributed by atoms with Crippen molar-refractivity contribution in [2.24, 2.45) is 5.84 Å². The van der Waals surface area contributed by atoms with Crippen molar-refractivity contribution >= 4 is 28.9 Å². The number of nitrogens with one attached hydrogen (secondary N) is 1. The van der Waals surface area contributed by atoms with Gasteiger partial charge in [-0.2, -0.15) is 0 Å². The zero-order chi connectivity index (χ0) is 11.4. The van der Waals surface area contributed by atoms with Crippen molar-refractivity contribution in [2.45, 2.75) is 17.0 Å². The van der Waals surface area contributed by atoms with E-state index in [1.54, 1.807) is 35.5 Å². The van der Waals surface area contributed by atoms with Crippen LogP contribution < -0.4 is 11.3 Å². The molecule has 0 saturated heterocycles. The molecule has 0 fully saturated rings. The number of nitrogens with zero attached hydrogens (tertiary/aromatic N) is 3. The average Bonchev–Trinajstić information content (AvgIpc) is 2.73. The third-order valence-electron chi connectivity index (χ3n) is 1.79.